The maximum Gasteiger partial charge on any atom is 0.0789 e. The Balaban J connectivity index is 2.83. The summed E-state index contributed by atoms with van der Waals surface area (Å²) in [6.45, 7) is 0.00458. The largest absolute Gasteiger partial charge is 0.391 e. The molecule has 0 fully saturated rings. The van der Waals surface area contributed by atoms with Crippen LogP contribution in [0.25, 0.3) is 10.1 Å². The number of aliphatic hydroxyl groups is 1. The summed E-state index contributed by atoms with van der Waals surface area (Å²) in [4.78, 5) is 0.823. The lowest BCUT2D eigenvalue weighted by atomic mass is 10.2. The van der Waals surface area contributed by atoms with Crippen LogP contribution in [0.5, 0.6) is 0 Å². The Labute approximate surface area is 93.1 Å². The van der Waals surface area contributed by atoms with Crippen LogP contribution in [-0.2, 0) is 6.61 Å². The van der Waals surface area contributed by atoms with Crippen LogP contribution < -0.4 is 0 Å². The molecule has 1 nitrogen and oxygen atoms in total. The highest BCUT2D eigenvalue weighted by Gasteiger charge is 2.10. The summed E-state index contributed by atoms with van der Waals surface area (Å²) >= 11 is 11.0. The van der Waals surface area contributed by atoms with Crippen molar-refractivity contribution in [2.24, 2.45) is 0 Å². The van der Waals surface area contributed by atoms with Gasteiger partial charge in [-0.1, -0.05) is 23.7 Å². The minimum Gasteiger partial charge on any atom is -0.391 e. The van der Waals surface area contributed by atoms with Crippen LogP contribution >= 0.6 is 38.9 Å². The molecule has 1 aromatic heterocycles. The first-order chi connectivity index (χ1) is 6.24. The van der Waals surface area contributed by atoms with E-state index in [0.29, 0.717) is 5.02 Å². The van der Waals surface area contributed by atoms with Gasteiger partial charge in [-0.25, -0.2) is 0 Å². The number of thiophene rings is 1. The zero-order valence-corrected chi connectivity index (χ0v) is 9.71. The summed E-state index contributed by atoms with van der Waals surface area (Å²) in [6.07, 6.45) is 0. The van der Waals surface area contributed by atoms with Gasteiger partial charge in [0, 0.05) is 14.7 Å². The van der Waals surface area contributed by atoms with Gasteiger partial charge in [0.15, 0.2) is 0 Å². The van der Waals surface area contributed by atoms with Gasteiger partial charge in [-0.3, -0.25) is 0 Å². The Kier molecular flexibility index (Phi) is 2.60. The predicted octanol–water partition coefficient (Wildman–Crippen LogP) is 3.81. The van der Waals surface area contributed by atoms with Gasteiger partial charge >= 0.3 is 0 Å². The fraction of sp³-hybridized carbons (Fsp3) is 0.111. The average molecular weight is 278 g/mol. The van der Waals surface area contributed by atoms with Crippen LogP contribution in [0, 0.1) is 0 Å². The number of aliphatic hydroxyl groups excluding tert-OH is 1. The quantitative estimate of drug-likeness (QED) is 0.840. The zero-order valence-electron chi connectivity index (χ0n) is 6.55. The normalized spacial score (nSPS) is 11.0. The van der Waals surface area contributed by atoms with Gasteiger partial charge in [0.05, 0.1) is 16.3 Å². The second-order valence-corrected chi connectivity index (χ2v) is 4.95. The van der Waals surface area contributed by atoms with E-state index in [9.17, 15) is 0 Å². The Hall–Kier alpha value is -0.0900. The smallest absolute Gasteiger partial charge is 0.0789 e. The van der Waals surface area contributed by atoms with Crippen molar-refractivity contribution < 1.29 is 5.11 Å². The van der Waals surface area contributed by atoms with E-state index in [1.165, 1.54) is 11.3 Å². The van der Waals surface area contributed by atoms with Gasteiger partial charge in [-0.2, -0.15) is 0 Å². The lowest BCUT2D eigenvalue weighted by Gasteiger charge is -1.91. The van der Waals surface area contributed by atoms with E-state index in [4.69, 9.17) is 16.7 Å². The highest BCUT2D eigenvalue weighted by atomic mass is 79.9. The first kappa shape index (κ1) is 9.46. The molecule has 2 aromatic rings. The molecule has 0 bridgehead atoms. The zero-order chi connectivity index (χ0) is 9.42. The molecule has 0 atom stereocenters. The van der Waals surface area contributed by atoms with E-state index in [1.54, 1.807) is 0 Å². The molecular formula is C9H6BrClOS. The van der Waals surface area contributed by atoms with Crippen molar-refractivity contribution in [2.75, 3.05) is 0 Å². The van der Waals surface area contributed by atoms with Crippen molar-refractivity contribution in [1.82, 2.24) is 0 Å². The molecule has 0 unspecified atom stereocenters. The third kappa shape index (κ3) is 1.50. The Bertz CT molecular complexity index is 452. The van der Waals surface area contributed by atoms with E-state index in [1.807, 2.05) is 18.2 Å². The van der Waals surface area contributed by atoms with Gasteiger partial charge in [-0.15, -0.1) is 11.3 Å². The minimum absolute atomic E-state index is 0.00458. The van der Waals surface area contributed by atoms with Crippen LogP contribution in [-0.4, -0.2) is 5.11 Å². The SMILES string of the molecule is OCc1sc2c(Br)cccc2c1Cl. The van der Waals surface area contributed by atoms with Crippen molar-refractivity contribution >= 4 is 49.0 Å². The van der Waals surface area contributed by atoms with E-state index in [0.717, 1.165) is 19.4 Å². The third-order valence-electron chi connectivity index (χ3n) is 1.82. The Morgan fingerprint density at radius 1 is 1.46 bits per heavy atom. The molecule has 1 heterocycles. The Morgan fingerprint density at radius 2 is 2.23 bits per heavy atom. The molecule has 68 valence electrons. The maximum atomic E-state index is 9.02. The molecule has 2 rings (SSSR count). The molecule has 0 amide bonds. The van der Waals surface area contributed by atoms with Gasteiger partial charge < -0.3 is 5.11 Å². The van der Waals surface area contributed by atoms with Crippen LogP contribution in [0.15, 0.2) is 22.7 Å². The second-order valence-electron chi connectivity index (χ2n) is 2.61. The first-order valence-corrected chi connectivity index (χ1v) is 5.69. The molecule has 0 aliphatic carbocycles. The predicted molar refractivity (Wildman–Crippen MR) is 60.5 cm³/mol. The molecule has 1 N–H and O–H groups in total. The average Bonchev–Trinajstić information content (AvgIpc) is 2.45. The standard InChI is InChI=1S/C9H6BrClOS/c10-6-3-1-2-5-8(11)7(4-12)13-9(5)6/h1-3,12H,4H2. The van der Waals surface area contributed by atoms with Gasteiger partial charge in [0.1, 0.15) is 0 Å². The van der Waals surface area contributed by atoms with E-state index in [2.05, 4.69) is 15.9 Å². The first-order valence-electron chi connectivity index (χ1n) is 3.70. The summed E-state index contributed by atoms with van der Waals surface area (Å²) in [7, 11) is 0. The maximum absolute atomic E-state index is 9.02. The van der Waals surface area contributed by atoms with E-state index in [-0.39, 0.29) is 6.61 Å². The van der Waals surface area contributed by atoms with E-state index < -0.39 is 0 Å². The lowest BCUT2D eigenvalue weighted by molar-refractivity contribution is 0.285. The highest BCUT2D eigenvalue weighted by Crippen LogP contribution is 2.38. The highest BCUT2D eigenvalue weighted by molar-refractivity contribution is 9.10. The summed E-state index contributed by atoms with van der Waals surface area (Å²) < 4.78 is 2.12. The summed E-state index contributed by atoms with van der Waals surface area (Å²) in [5.41, 5.74) is 0. The van der Waals surface area contributed by atoms with Crippen LogP contribution in [0.1, 0.15) is 4.88 Å². The molecule has 0 aliphatic heterocycles. The van der Waals surface area contributed by atoms with Crippen LogP contribution in [0.4, 0.5) is 0 Å². The molecular weight excluding hydrogens is 272 g/mol. The molecule has 0 radical (unpaired) electrons. The number of rotatable bonds is 1. The van der Waals surface area contributed by atoms with E-state index >= 15 is 0 Å². The number of fused-ring (bicyclic) bond motifs is 1. The summed E-state index contributed by atoms with van der Waals surface area (Å²) in [5.74, 6) is 0. The van der Waals surface area contributed by atoms with Crippen molar-refractivity contribution in [3.63, 3.8) is 0 Å². The monoisotopic (exact) mass is 276 g/mol. The minimum atomic E-state index is 0.00458. The summed E-state index contributed by atoms with van der Waals surface area (Å²) in [5, 5.41) is 10.7. The third-order valence-corrected chi connectivity index (χ3v) is 4.51. The fourth-order valence-corrected chi connectivity index (χ4v) is 3.16. The van der Waals surface area contributed by atoms with Gasteiger partial charge in [0.2, 0.25) is 0 Å². The summed E-state index contributed by atoms with van der Waals surface area (Å²) in [6, 6.07) is 5.86. The van der Waals surface area contributed by atoms with Crippen molar-refractivity contribution in [3.05, 3.63) is 32.6 Å². The molecule has 13 heavy (non-hydrogen) atoms. The number of halogens is 2. The van der Waals surface area contributed by atoms with Crippen molar-refractivity contribution in [3.8, 4) is 0 Å². The molecule has 0 saturated carbocycles. The topological polar surface area (TPSA) is 20.2 Å². The van der Waals surface area contributed by atoms with Gasteiger partial charge in [-0.05, 0) is 22.0 Å². The lowest BCUT2D eigenvalue weighted by Crippen LogP contribution is -1.74. The molecule has 0 saturated heterocycles. The van der Waals surface area contributed by atoms with Crippen molar-refractivity contribution in [1.29, 1.82) is 0 Å². The Morgan fingerprint density at radius 3 is 2.85 bits per heavy atom. The molecule has 0 aliphatic rings. The number of hydrogen-bond acceptors (Lipinski definition) is 2. The number of benzene rings is 1. The fourth-order valence-electron chi connectivity index (χ4n) is 1.21. The molecule has 0 spiro atoms. The number of hydrogen-bond donors (Lipinski definition) is 1. The van der Waals surface area contributed by atoms with Crippen LogP contribution in [0.2, 0.25) is 5.02 Å². The molecule has 1 aromatic carbocycles. The second kappa shape index (κ2) is 3.58. The van der Waals surface area contributed by atoms with Gasteiger partial charge in [0.25, 0.3) is 0 Å². The molecule has 4 heteroatoms. The van der Waals surface area contributed by atoms with Crippen LogP contribution in [0.3, 0.4) is 0 Å². The van der Waals surface area contributed by atoms with Crippen molar-refractivity contribution in [2.45, 2.75) is 6.61 Å².